The average Bonchev–Trinajstić information content (AvgIpc) is 2.74. The zero-order valence-electron chi connectivity index (χ0n) is 10.9. The summed E-state index contributed by atoms with van der Waals surface area (Å²) < 4.78 is 0. The molecule has 2 rings (SSSR count). The fraction of sp³-hybridized carbons (Fsp3) is 0.929. The van der Waals surface area contributed by atoms with Crippen molar-refractivity contribution < 1.29 is 9.90 Å². The number of aliphatic carboxylic acids is 1. The van der Waals surface area contributed by atoms with Crippen LogP contribution >= 0.6 is 0 Å². The first kappa shape index (κ1) is 12.9. The van der Waals surface area contributed by atoms with Crippen LogP contribution in [0.2, 0.25) is 0 Å². The number of hydrogen-bond donors (Lipinski definition) is 1. The summed E-state index contributed by atoms with van der Waals surface area (Å²) in [5.74, 6) is 1.09. The van der Waals surface area contributed by atoms with Crippen molar-refractivity contribution in [3.63, 3.8) is 0 Å². The molecule has 17 heavy (non-hydrogen) atoms. The summed E-state index contributed by atoms with van der Waals surface area (Å²) in [7, 11) is 0. The maximum Gasteiger partial charge on any atom is 0.320 e. The molecule has 98 valence electrons. The van der Waals surface area contributed by atoms with Crippen molar-refractivity contribution >= 4 is 5.97 Å². The molecule has 1 saturated carbocycles. The molecule has 1 heterocycles. The predicted molar refractivity (Wildman–Crippen MR) is 68.0 cm³/mol. The lowest BCUT2D eigenvalue weighted by molar-refractivity contribution is -0.142. The molecular weight excluding hydrogens is 214 g/mol. The fourth-order valence-corrected chi connectivity index (χ4v) is 3.54. The summed E-state index contributed by atoms with van der Waals surface area (Å²) in [6, 6.07) is -0.198. The third kappa shape index (κ3) is 3.44. The third-order valence-electron chi connectivity index (χ3n) is 4.52. The number of carboxylic acid groups (broad SMARTS) is 1. The molecule has 3 nitrogen and oxygen atoms in total. The van der Waals surface area contributed by atoms with E-state index in [4.69, 9.17) is 5.11 Å². The lowest BCUT2D eigenvalue weighted by Crippen LogP contribution is -2.37. The van der Waals surface area contributed by atoms with Crippen molar-refractivity contribution in [1.29, 1.82) is 0 Å². The molecule has 0 unspecified atom stereocenters. The number of carbonyl (C=O) groups is 1. The van der Waals surface area contributed by atoms with Gasteiger partial charge >= 0.3 is 5.97 Å². The first-order valence-corrected chi connectivity index (χ1v) is 7.13. The molecule has 0 aromatic heterocycles. The van der Waals surface area contributed by atoms with E-state index in [1.165, 1.54) is 32.1 Å². The first-order valence-electron chi connectivity index (χ1n) is 7.13. The summed E-state index contributed by atoms with van der Waals surface area (Å²) in [6.45, 7) is 4.33. The first-order chi connectivity index (χ1) is 8.16. The highest BCUT2D eigenvalue weighted by Gasteiger charge is 2.30. The maximum atomic E-state index is 11.1. The van der Waals surface area contributed by atoms with Gasteiger partial charge in [-0.15, -0.1) is 0 Å². The topological polar surface area (TPSA) is 40.5 Å². The van der Waals surface area contributed by atoms with Gasteiger partial charge in [0.25, 0.3) is 0 Å². The number of likely N-dealkylation sites (tertiary alicyclic amines) is 1. The van der Waals surface area contributed by atoms with Crippen LogP contribution in [0.25, 0.3) is 0 Å². The quantitative estimate of drug-likeness (QED) is 0.820. The summed E-state index contributed by atoms with van der Waals surface area (Å²) >= 11 is 0. The molecule has 0 spiro atoms. The van der Waals surface area contributed by atoms with Gasteiger partial charge in [0.15, 0.2) is 0 Å². The number of hydrogen-bond acceptors (Lipinski definition) is 2. The molecule has 1 N–H and O–H groups in total. The molecule has 3 heteroatoms. The highest BCUT2D eigenvalue weighted by molar-refractivity contribution is 5.73. The molecular formula is C14H25NO2. The second-order valence-electron chi connectivity index (χ2n) is 5.96. The van der Waals surface area contributed by atoms with Gasteiger partial charge in [0.2, 0.25) is 0 Å². The molecule has 0 amide bonds. The Balaban J connectivity index is 1.75. The second-order valence-corrected chi connectivity index (χ2v) is 5.96. The highest BCUT2D eigenvalue weighted by atomic mass is 16.4. The van der Waals surface area contributed by atoms with Crippen molar-refractivity contribution in [2.75, 3.05) is 13.1 Å². The van der Waals surface area contributed by atoms with Crippen LogP contribution in [-0.4, -0.2) is 35.1 Å². The van der Waals surface area contributed by atoms with Crippen LogP contribution < -0.4 is 0 Å². The fourth-order valence-electron chi connectivity index (χ4n) is 3.54. The SMILES string of the molecule is C[C@H]1CCC[C@H](CCN2CCC[C@@H]2C(=O)O)C1. The largest absolute Gasteiger partial charge is 0.480 e. The van der Waals surface area contributed by atoms with E-state index in [9.17, 15) is 4.79 Å². The van der Waals surface area contributed by atoms with Crippen LogP contribution in [0.5, 0.6) is 0 Å². The molecule has 1 aliphatic carbocycles. The van der Waals surface area contributed by atoms with Gasteiger partial charge in [0, 0.05) is 0 Å². The van der Waals surface area contributed by atoms with Gasteiger partial charge < -0.3 is 5.11 Å². The minimum atomic E-state index is -0.625. The number of rotatable bonds is 4. The Morgan fingerprint density at radius 2 is 2.12 bits per heavy atom. The Hall–Kier alpha value is -0.570. The maximum absolute atomic E-state index is 11.1. The average molecular weight is 239 g/mol. The molecule has 1 aliphatic heterocycles. The summed E-state index contributed by atoms with van der Waals surface area (Å²) in [5.41, 5.74) is 0. The van der Waals surface area contributed by atoms with Crippen LogP contribution in [0.3, 0.4) is 0 Å². The standard InChI is InChI=1S/C14H25NO2/c1-11-4-2-5-12(10-11)7-9-15-8-3-6-13(15)14(16)17/h11-13H,2-10H2,1H3,(H,16,17)/t11-,12+,13+/m0/s1. The van der Waals surface area contributed by atoms with Gasteiger partial charge in [-0.05, 0) is 50.6 Å². The lowest BCUT2D eigenvalue weighted by Gasteiger charge is -2.29. The second kappa shape index (κ2) is 5.85. The van der Waals surface area contributed by atoms with E-state index < -0.39 is 5.97 Å². The lowest BCUT2D eigenvalue weighted by atomic mass is 9.81. The molecule has 1 saturated heterocycles. The highest BCUT2D eigenvalue weighted by Crippen LogP contribution is 2.31. The zero-order valence-corrected chi connectivity index (χ0v) is 10.9. The van der Waals surface area contributed by atoms with E-state index in [1.54, 1.807) is 0 Å². The van der Waals surface area contributed by atoms with E-state index in [-0.39, 0.29) is 6.04 Å². The van der Waals surface area contributed by atoms with Gasteiger partial charge in [-0.1, -0.05) is 26.2 Å². The molecule has 0 bridgehead atoms. The number of nitrogens with zero attached hydrogens (tertiary/aromatic N) is 1. The van der Waals surface area contributed by atoms with Gasteiger partial charge in [0.05, 0.1) is 0 Å². The molecule has 3 atom stereocenters. The Morgan fingerprint density at radius 1 is 1.29 bits per heavy atom. The van der Waals surface area contributed by atoms with Crippen LogP contribution in [0.1, 0.15) is 51.9 Å². The monoisotopic (exact) mass is 239 g/mol. The smallest absolute Gasteiger partial charge is 0.320 e. The van der Waals surface area contributed by atoms with Crippen LogP contribution in [-0.2, 0) is 4.79 Å². The van der Waals surface area contributed by atoms with E-state index >= 15 is 0 Å². The Labute approximate surface area is 104 Å². The van der Waals surface area contributed by atoms with E-state index in [2.05, 4.69) is 11.8 Å². The Bertz CT molecular complexity index is 267. The third-order valence-corrected chi connectivity index (χ3v) is 4.52. The number of carboxylic acids is 1. The van der Waals surface area contributed by atoms with Crippen molar-refractivity contribution in [2.24, 2.45) is 11.8 Å². The van der Waals surface area contributed by atoms with E-state index in [0.29, 0.717) is 0 Å². The van der Waals surface area contributed by atoms with Crippen molar-refractivity contribution in [3.8, 4) is 0 Å². The van der Waals surface area contributed by atoms with E-state index in [0.717, 1.165) is 37.8 Å². The van der Waals surface area contributed by atoms with Crippen molar-refractivity contribution in [2.45, 2.75) is 57.9 Å². The summed E-state index contributed by atoms with van der Waals surface area (Å²) in [5, 5.41) is 9.12. The van der Waals surface area contributed by atoms with E-state index in [1.807, 2.05) is 0 Å². The van der Waals surface area contributed by atoms with Crippen LogP contribution in [0, 0.1) is 11.8 Å². The van der Waals surface area contributed by atoms with Gasteiger partial charge in [-0.2, -0.15) is 0 Å². The predicted octanol–water partition coefficient (Wildman–Crippen LogP) is 2.75. The van der Waals surface area contributed by atoms with Crippen molar-refractivity contribution in [1.82, 2.24) is 4.90 Å². The summed E-state index contributed by atoms with van der Waals surface area (Å²) in [6.07, 6.45) is 8.57. The molecule has 0 aromatic rings. The minimum absolute atomic E-state index is 0.198. The summed E-state index contributed by atoms with van der Waals surface area (Å²) in [4.78, 5) is 13.3. The molecule has 2 aliphatic rings. The Morgan fingerprint density at radius 3 is 2.82 bits per heavy atom. The Kier molecular flexibility index (Phi) is 4.43. The molecule has 0 radical (unpaired) electrons. The van der Waals surface area contributed by atoms with Crippen LogP contribution in [0.15, 0.2) is 0 Å². The normalized spacial score (nSPS) is 35.0. The van der Waals surface area contributed by atoms with Crippen LogP contribution in [0.4, 0.5) is 0 Å². The minimum Gasteiger partial charge on any atom is -0.480 e. The van der Waals surface area contributed by atoms with Gasteiger partial charge in [-0.25, -0.2) is 0 Å². The molecule has 2 fully saturated rings. The van der Waals surface area contributed by atoms with Gasteiger partial charge in [0.1, 0.15) is 6.04 Å². The van der Waals surface area contributed by atoms with Crippen molar-refractivity contribution in [3.05, 3.63) is 0 Å². The van der Waals surface area contributed by atoms with Gasteiger partial charge in [-0.3, -0.25) is 9.69 Å². The molecule has 0 aromatic carbocycles. The zero-order chi connectivity index (χ0) is 12.3.